The van der Waals surface area contributed by atoms with Gasteiger partial charge in [-0.2, -0.15) is 4.52 Å². The fourth-order valence-electron chi connectivity index (χ4n) is 2.52. The zero-order chi connectivity index (χ0) is 22.1. The SMILES string of the molecule is C=CCOC(=O)c1cc2cc(/C=[P+](/NC(C)(C)C(=O)OCCC)OCC)ccc2s1. The maximum Gasteiger partial charge on any atom is 0.353 e. The molecule has 0 aliphatic rings. The Morgan fingerprint density at radius 2 is 2.00 bits per heavy atom. The molecule has 1 aromatic heterocycles. The van der Waals surface area contributed by atoms with Crippen molar-refractivity contribution in [3.8, 4) is 0 Å². The second kappa shape index (κ2) is 11.4. The number of nitrogens with one attached hydrogen (secondary N) is 1. The lowest BCUT2D eigenvalue weighted by Gasteiger charge is -2.19. The number of ether oxygens (including phenoxy) is 2. The molecule has 162 valence electrons. The first-order valence-electron chi connectivity index (χ1n) is 9.84. The maximum absolute atomic E-state index is 12.3. The lowest BCUT2D eigenvalue weighted by Crippen LogP contribution is -2.44. The Bertz CT molecular complexity index is 935. The standard InChI is InChI=1S/C22H29NO5PS/c1-6-11-26-20(24)19-14-17-13-16(9-10-18(17)30-19)15-29(28-8-3)23-22(4,5)21(25)27-12-7-2/h6,9-10,13-15,23H,1,7-8,11-12H2,2-5H3/q+1. The van der Waals surface area contributed by atoms with Crippen LogP contribution in [0.4, 0.5) is 0 Å². The largest absolute Gasteiger partial charge is 0.464 e. The number of rotatable bonds is 11. The predicted octanol–water partition coefficient (Wildman–Crippen LogP) is 5.06. The molecule has 0 saturated carbocycles. The van der Waals surface area contributed by atoms with Gasteiger partial charge in [0.2, 0.25) is 0 Å². The van der Waals surface area contributed by atoms with Crippen molar-refractivity contribution in [2.24, 2.45) is 0 Å². The smallest absolute Gasteiger partial charge is 0.353 e. The van der Waals surface area contributed by atoms with Gasteiger partial charge in [-0.15, -0.1) is 11.3 Å². The van der Waals surface area contributed by atoms with Crippen LogP contribution >= 0.6 is 19.3 Å². The molecule has 0 fully saturated rings. The summed E-state index contributed by atoms with van der Waals surface area (Å²) in [4.78, 5) is 25.0. The van der Waals surface area contributed by atoms with Gasteiger partial charge < -0.3 is 9.47 Å². The van der Waals surface area contributed by atoms with Gasteiger partial charge in [0, 0.05) is 10.3 Å². The molecule has 0 spiro atoms. The van der Waals surface area contributed by atoms with Crippen molar-refractivity contribution >= 4 is 47.1 Å². The molecular formula is C22H29NO5PS+. The molecule has 8 heteroatoms. The molecule has 1 N–H and O–H groups in total. The molecule has 0 bridgehead atoms. The summed E-state index contributed by atoms with van der Waals surface area (Å²) < 4.78 is 17.2. The van der Waals surface area contributed by atoms with E-state index in [1.54, 1.807) is 19.9 Å². The minimum Gasteiger partial charge on any atom is -0.464 e. The summed E-state index contributed by atoms with van der Waals surface area (Å²) >= 11 is 1.39. The van der Waals surface area contributed by atoms with Crippen LogP contribution in [0, 0.1) is 0 Å². The Balaban J connectivity index is 2.24. The van der Waals surface area contributed by atoms with Crippen molar-refractivity contribution in [1.82, 2.24) is 5.09 Å². The van der Waals surface area contributed by atoms with Gasteiger partial charge in [0.1, 0.15) is 11.5 Å². The van der Waals surface area contributed by atoms with Crippen LogP contribution < -0.4 is 5.09 Å². The zero-order valence-electron chi connectivity index (χ0n) is 17.9. The minimum absolute atomic E-state index is 0.187. The molecule has 0 aliphatic heterocycles. The van der Waals surface area contributed by atoms with Gasteiger partial charge in [-0.1, -0.05) is 24.7 Å². The van der Waals surface area contributed by atoms with Gasteiger partial charge in [0.05, 0.1) is 13.2 Å². The second-order valence-corrected chi connectivity index (χ2v) is 9.52. The third-order valence-corrected chi connectivity index (χ3v) is 6.89. The van der Waals surface area contributed by atoms with Crippen LogP contribution in [0.2, 0.25) is 0 Å². The van der Waals surface area contributed by atoms with E-state index >= 15 is 0 Å². The highest BCUT2D eigenvalue weighted by Gasteiger charge is 2.36. The molecule has 1 heterocycles. The minimum atomic E-state index is -1.22. The molecule has 1 unspecified atom stereocenters. The second-order valence-electron chi connectivity index (χ2n) is 7.04. The van der Waals surface area contributed by atoms with E-state index in [0.717, 1.165) is 22.1 Å². The fourth-order valence-corrected chi connectivity index (χ4v) is 5.01. The van der Waals surface area contributed by atoms with Gasteiger partial charge in [0.15, 0.2) is 11.3 Å². The van der Waals surface area contributed by atoms with E-state index in [2.05, 4.69) is 11.7 Å². The van der Waals surface area contributed by atoms with E-state index in [1.807, 2.05) is 43.9 Å². The predicted molar refractivity (Wildman–Crippen MR) is 124 cm³/mol. The van der Waals surface area contributed by atoms with E-state index in [0.29, 0.717) is 18.1 Å². The number of thiophene rings is 1. The Kier molecular flexibility index (Phi) is 9.18. The number of carbonyl (C=O) groups is 2. The quantitative estimate of drug-likeness (QED) is 0.293. The average Bonchev–Trinajstić information content (AvgIpc) is 3.13. The van der Waals surface area contributed by atoms with Crippen molar-refractivity contribution in [2.75, 3.05) is 19.8 Å². The molecule has 2 aromatic rings. The number of benzene rings is 1. The van der Waals surface area contributed by atoms with E-state index in [1.165, 1.54) is 11.3 Å². The van der Waals surface area contributed by atoms with Crippen molar-refractivity contribution in [1.29, 1.82) is 0 Å². The topological polar surface area (TPSA) is 73.9 Å². The van der Waals surface area contributed by atoms with Crippen LogP contribution in [0.1, 0.15) is 49.4 Å². The lowest BCUT2D eigenvalue weighted by molar-refractivity contribution is -0.149. The van der Waals surface area contributed by atoms with Crippen LogP contribution in [-0.2, 0) is 18.8 Å². The summed E-state index contributed by atoms with van der Waals surface area (Å²) in [6, 6.07) is 7.76. The Morgan fingerprint density at radius 3 is 2.67 bits per heavy atom. The Morgan fingerprint density at radius 1 is 1.23 bits per heavy atom. The summed E-state index contributed by atoms with van der Waals surface area (Å²) in [5.74, 6) is 1.31. The highest BCUT2D eigenvalue weighted by molar-refractivity contribution is 7.50. The summed E-state index contributed by atoms with van der Waals surface area (Å²) in [5, 5.41) is 4.23. The number of hydrogen-bond donors (Lipinski definition) is 1. The third kappa shape index (κ3) is 6.74. The first-order valence-corrected chi connectivity index (χ1v) is 12.0. The van der Waals surface area contributed by atoms with E-state index in [4.69, 9.17) is 14.0 Å². The monoisotopic (exact) mass is 450 g/mol. The maximum atomic E-state index is 12.3. The number of carbonyl (C=O) groups excluding carboxylic acids is 2. The normalized spacial score (nSPS) is 12.1. The highest BCUT2D eigenvalue weighted by atomic mass is 32.1. The number of hydrogen-bond acceptors (Lipinski definition) is 7. The highest BCUT2D eigenvalue weighted by Crippen LogP contribution is 2.29. The van der Waals surface area contributed by atoms with Crippen LogP contribution in [0.5, 0.6) is 0 Å². The molecule has 1 aromatic carbocycles. The molecule has 1 atom stereocenters. The van der Waals surface area contributed by atoms with Crippen LogP contribution in [0.3, 0.4) is 0 Å². The summed E-state index contributed by atoms with van der Waals surface area (Å²) in [6.45, 7) is 12.1. The van der Waals surface area contributed by atoms with Gasteiger partial charge in [-0.25, -0.2) is 9.59 Å². The number of esters is 2. The molecule has 0 amide bonds. The third-order valence-electron chi connectivity index (χ3n) is 3.95. The van der Waals surface area contributed by atoms with Gasteiger partial charge in [-0.3, -0.25) is 0 Å². The van der Waals surface area contributed by atoms with Crippen molar-refractivity contribution < 1.29 is 23.6 Å². The number of fused-ring (bicyclic) bond motifs is 1. The van der Waals surface area contributed by atoms with E-state index in [-0.39, 0.29) is 18.5 Å². The van der Waals surface area contributed by atoms with Crippen molar-refractivity contribution in [3.63, 3.8) is 0 Å². The first kappa shape index (κ1) is 24.2. The first-order chi connectivity index (χ1) is 14.3. The van der Waals surface area contributed by atoms with Gasteiger partial charge in [-0.05, 0) is 56.8 Å². The average molecular weight is 451 g/mol. The van der Waals surface area contributed by atoms with Crippen molar-refractivity contribution in [3.05, 3.63) is 47.4 Å². The van der Waals surface area contributed by atoms with Crippen molar-refractivity contribution in [2.45, 2.75) is 39.7 Å². The van der Waals surface area contributed by atoms with Crippen LogP contribution in [0.15, 0.2) is 36.9 Å². The molecule has 6 nitrogen and oxygen atoms in total. The van der Waals surface area contributed by atoms with Crippen LogP contribution in [-0.4, -0.2) is 43.1 Å². The van der Waals surface area contributed by atoms with Gasteiger partial charge in [0.25, 0.3) is 0 Å². The summed E-state index contributed by atoms with van der Waals surface area (Å²) in [5.41, 5.74) is 0.0669. The molecule has 0 saturated heterocycles. The van der Waals surface area contributed by atoms with Gasteiger partial charge >= 0.3 is 19.9 Å². The molecule has 30 heavy (non-hydrogen) atoms. The Hall–Kier alpha value is -2.05. The lowest BCUT2D eigenvalue weighted by atomic mass is 10.1. The van der Waals surface area contributed by atoms with E-state index < -0.39 is 13.5 Å². The summed E-state index contributed by atoms with van der Waals surface area (Å²) in [6.07, 6.45) is 2.32. The molecular weight excluding hydrogens is 421 g/mol. The Labute approximate surface area is 182 Å². The molecule has 2 rings (SSSR count). The fraction of sp³-hybridized carbons (Fsp3) is 0.409. The zero-order valence-corrected chi connectivity index (χ0v) is 19.6. The summed E-state index contributed by atoms with van der Waals surface area (Å²) in [7, 11) is -1.22. The van der Waals surface area contributed by atoms with E-state index in [9.17, 15) is 9.59 Å². The molecule has 0 radical (unpaired) electrons. The van der Waals surface area contributed by atoms with Crippen LogP contribution in [0.25, 0.3) is 10.1 Å². The molecule has 0 aliphatic carbocycles.